The van der Waals surface area contributed by atoms with Gasteiger partial charge in [0, 0.05) is 6.42 Å². The third kappa shape index (κ3) is 10.9. The second-order valence-electron chi connectivity index (χ2n) is 8.67. The Balaban J connectivity index is 1.55. The molecule has 4 heteroatoms. The number of carbonyl (C=O) groups excluding carboxylic acids is 2. The van der Waals surface area contributed by atoms with Crippen molar-refractivity contribution in [1.29, 1.82) is 0 Å². The molecule has 1 heterocycles. The van der Waals surface area contributed by atoms with E-state index in [2.05, 4.69) is 73.8 Å². The summed E-state index contributed by atoms with van der Waals surface area (Å²) < 4.78 is 5.46. The zero-order valence-electron chi connectivity index (χ0n) is 21.8. The lowest BCUT2D eigenvalue weighted by atomic mass is 10.0. The van der Waals surface area contributed by atoms with Crippen LogP contribution in [0.2, 0.25) is 0 Å². The standard InChI is InChI=1S/C32H41NO3/c1-3-4-5-6-7-8-9-10-11-12-13-14-15-16-17-18-19-20-24-27-30(34)33-28(2)31(36-32(33)35)29-25-22-21-23-26-29/h4-5,7-8,10-11,13-14,16-17,19-23,25-26,28,31H,3,6,9,12,15,18,24,27H2,1-2H3/t28-,31-/m0/s1. The Morgan fingerprint density at radius 3 is 1.75 bits per heavy atom. The van der Waals surface area contributed by atoms with Crippen LogP contribution in [0.25, 0.3) is 0 Å². The quantitative estimate of drug-likeness (QED) is 0.233. The van der Waals surface area contributed by atoms with Gasteiger partial charge in [0.15, 0.2) is 0 Å². The van der Waals surface area contributed by atoms with E-state index in [9.17, 15) is 9.59 Å². The summed E-state index contributed by atoms with van der Waals surface area (Å²) in [6.07, 6.45) is 31.6. The first-order chi connectivity index (χ1) is 17.6. The fourth-order valence-corrected chi connectivity index (χ4v) is 3.85. The average Bonchev–Trinajstić information content (AvgIpc) is 3.19. The summed E-state index contributed by atoms with van der Waals surface area (Å²) in [5, 5.41) is 0. The number of allylic oxidation sites excluding steroid dienone is 12. The molecule has 1 aromatic carbocycles. The maximum atomic E-state index is 12.6. The number of nitrogens with zero attached hydrogens (tertiary/aromatic N) is 1. The van der Waals surface area contributed by atoms with Crippen LogP contribution in [0.4, 0.5) is 4.79 Å². The number of hydrogen-bond donors (Lipinski definition) is 0. The van der Waals surface area contributed by atoms with Crippen LogP contribution < -0.4 is 0 Å². The van der Waals surface area contributed by atoms with Crippen molar-refractivity contribution in [3.63, 3.8) is 0 Å². The van der Waals surface area contributed by atoms with E-state index in [1.54, 1.807) is 0 Å². The largest absolute Gasteiger partial charge is 0.439 e. The zero-order chi connectivity index (χ0) is 25.8. The third-order valence-corrected chi connectivity index (χ3v) is 5.79. The van der Waals surface area contributed by atoms with Gasteiger partial charge in [0.1, 0.15) is 6.10 Å². The number of benzene rings is 1. The molecule has 1 fully saturated rings. The Morgan fingerprint density at radius 2 is 1.25 bits per heavy atom. The highest BCUT2D eigenvalue weighted by Crippen LogP contribution is 2.32. The van der Waals surface area contributed by atoms with Gasteiger partial charge in [-0.05, 0) is 57.4 Å². The summed E-state index contributed by atoms with van der Waals surface area (Å²) >= 11 is 0. The normalized spacial score (nSPS) is 18.8. The molecule has 0 N–H and O–H groups in total. The fourth-order valence-electron chi connectivity index (χ4n) is 3.85. The van der Waals surface area contributed by atoms with Crippen molar-refractivity contribution >= 4 is 12.0 Å². The monoisotopic (exact) mass is 487 g/mol. The molecule has 1 aliphatic heterocycles. The minimum absolute atomic E-state index is 0.189. The van der Waals surface area contributed by atoms with E-state index in [1.165, 1.54) is 4.90 Å². The molecular weight excluding hydrogens is 446 g/mol. The molecule has 0 radical (unpaired) electrons. The highest BCUT2D eigenvalue weighted by atomic mass is 16.6. The second kappa shape index (κ2) is 18.0. The Hall–Kier alpha value is -3.40. The van der Waals surface area contributed by atoms with Gasteiger partial charge in [-0.1, -0.05) is 110 Å². The van der Waals surface area contributed by atoms with E-state index in [0.717, 1.165) is 44.1 Å². The van der Waals surface area contributed by atoms with E-state index in [0.29, 0.717) is 12.8 Å². The number of imide groups is 1. The van der Waals surface area contributed by atoms with Crippen LogP contribution in [0, 0.1) is 0 Å². The molecule has 4 nitrogen and oxygen atoms in total. The molecule has 0 bridgehead atoms. The molecule has 0 aliphatic carbocycles. The van der Waals surface area contributed by atoms with Crippen LogP contribution in [0.15, 0.2) is 103 Å². The molecule has 0 aromatic heterocycles. The number of rotatable bonds is 15. The highest BCUT2D eigenvalue weighted by molar-refractivity contribution is 5.93. The van der Waals surface area contributed by atoms with Gasteiger partial charge < -0.3 is 4.74 Å². The molecule has 192 valence electrons. The van der Waals surface area contributed by atoms with Crippen molar-refractivity contribution in [3.05, 3.63) is 109 Å². The van der Waals surface area contributed by atoms with Gasteiger partial charge in [-0.2, -0.15) is 0 Å². The molecule has 36 heavy (non-hydrogen) atoms. The topological polar surface area (TPSA) is 46.6 Å². The predicted octanol–water partition coefficient (Wildman–Crippen LogP) is 8.57. The summed E-state index contributed by atoms with van der Waals surface area (Å²) in [4.78, 5) is 26.1. The van der Waals surface area contributed by atoms with Gasteiger partial charge in [-0.25, -0.2) is 9.69 Å². The van der Waals surface area contributed by atoms with Crippen LogP contribution in [-0.2, 0) is 9.53 Å². The second-order valence-corrected chi connectivity index (χ2v) is 8.67. The van der Waals surface area contributed by atoms with Crippen molar-refractivity contribution in [2.24, 2.45) is 0 Å². The predicted molar refractivity (Wildman–Crippen MR) is 149 cm³/mol. The lowest BCUT2D eigenvalue weighted by molar-refractivity contribution is -0.129. The Labute approximate surface area is 217 Å². The smallest absolute Gasteiger partial charge is 0.417 e. The van der Waals surface area contributed by atoms with E-state index in [-0.39, 0.29) is 11.9 Å². The van der Waals surface area contributed by atoms with E-state index in [4.69, 9.17) is 4.74 Å². The van der Waals surface area contributed by atoms with Crippen LogP contribution in [0.5, 0.6) is 0 Å². The van der Waals surface area contributed by atoms with Gasteiger partial charge >= 0.3 is 6.09 Å². The van der Waals surface area contributed by atoms with Crippen molar-refractivity contribution < 1.29 is 14.3 Å². The first-order valence-corrected chi connectivity index (χ1v) is 13.1. The third-order valence-electron chi connectivity index (χ3n) is 5.79. The molecule has 0 spiro atoms. The molecule has 1 aromatic rings. The zero-order valence-corrected chi connectivity index (χ0v) is 21.8. The number of hydrogen-bond acceptors (Lipinski definition) is 3. The summed E-state index contributed by atoms with van der Waals surface area (Å²) in [6.45, 7) is 4.01. The van der Waals surface area contributed by atoms with E-state index in [1.807, 2.05) is 43.3 Å². The molecule has 2 amide bonds. The fraction of sp³-hybridized carbons (Fsp3) is 0.375. The summed E-state index contributed by atoms with van der Waals surface area (Å²) in [7, 11) is 0. The molecule has 0 unspecified atom stereocenters. The van der Waals surface area contributed by atoms with Crippen LogP contribution in [0.1, 0.15) is 76.9 Å². The van der Waals surface area contributed by atoms with Crippen molar-refractivity contribution in [2.75, 3.05) is 0 Å². The summed E-state index contributed by atoms with van der Waals surface area (Å²) in [5.41, 5.74) is 0.908. The summed E-state index contributed by atoms with van der Waals surface area (Å²) in [6, 6.07) is 9.25. The van der Waals surface area contributed by atoms with Gasteiger partial charge in [-0.3, -0.25) is 4.79 Å². The number of amides is 2. The minimum Gasteiger partial charge on any atom is -0.439 e. The Bertz CT molecular complexity index is 953. The van der Waals surface area contributed by atoms with Gasteiger partial charge in [0.05, 0.1) is 6.04 Å². The molecular formula is C32H41NO3. The van der Waals surface area contributed by atoms with Crippen LogP contribution >= 0.6 is 0 Å². The number of cyclic esters (lactones) is 1. The molecule has 1 aliphatic rings. The number of carbonyl (C=O) groups is 2. The van der Waals surface area contributed by atoms with E-state index >= 15 is 0 Å². The van der Waals surface area contributed by atoms with Gasteiger partial charge in [0.2, 0.25) is 5.91 Å². The lowest BCUT2D eigenvalue weighted by Gasteiger charge is -2.19. The first kappa shape index (κ1) is 28.8. The van der Waals surface area contributed by atoms with Crippen molar-refractivity contribution in [3.8, 4) is 0 Å². The van der Waals surface area contributed by atoms with Gasteiger partial charge in [-0.15, -0.1) is 0 Å². The molecule has 2 atom stereocenters. The van der Waals surface area contributed by atoms with Crippen LogP contribution in [0.3, 0.4) is 0 Å². The van der Waals surface area contributed by atoms with Gasteiger partial charge in [0.25, 0.3) is 0 Å². The molecule has 0 saturated carbocycles. The lowest BCUT2D eigenvalue weighted by Crippen LogP contribution is -2.37. The molecule has 2 rings (SSSR count). The minimum atomic E-state index is -0.552. The average molecular weight is 488 g/mol. The first-order valence-electron chi connectivity index (χ1n) is 13.1. The summed E-state index contributed by atoms with van der Waals surface area (Å²) in [5.74, 6) is -0.189. The van der Waals surface area contributed by atoms with Crippen LogP contribution in [-0.4, -0.2) is 22.9 Å². The highest BCUT2D eigenvalue weighted by Gasteiger charge is 2.42. The maximum absolute atomic E-state index is 12.6. The SMILES string of the molecule is CCC=CCC=CCC=CCC=CCC=CCC=CCCC(=O)N1C(=O)O[C@H](c2ccccc2)[C@@H]1C. The Kier molecular flexibility index (Phi) is 14.4. The number of ether oxygens (including phenoxy) is 1. The maximum Gasteiger partial charge on any atom is 0.417 e. The van der Waals surface area contributed by atoms with Crippen molar-refractivity contribution in [1.82, 2.24) is 4.90 Å². The van der Waals surface area contributed by atoms with Crippen molar-refractivity contribution in [2.45, 2.75) is 77.4 Å². The molecule has 1 saturated heterocycles. The van der Waals surface area contributed by atoms with E-state index < -0.39 is 12.2 Å². The Morgan fingerprint density at radius 1 is 0.778 bits per heavy atom.